The zero-order valence-corrected chi connectivity index (χ0v) is 8.88. The molecule has 3 rings (SSSR count). The number of nitrogens with zero attached hydrogens (tertiary/aromatic N) is 3. The Labute approximate surface area is 91.7 Å². The molecular weight excluding hydrogens is 206 g/mol. The number of rotatable bonds is 2. The number of aromatic nitrogens is 3. The average Bonchev–Trinajstić information content (AvgIpc) is 3.12. The average molecular weight is 217 g/mol. The van der Waals surface area contributed by atoms with E-state index in [-0.39, 0.29) is 5.56 Å². The molecule has 1 fully saturated rings. The van der Waals surface area contributed by atoms with Crippen LogP contribution in [0.15, 0.2) is 23.3 Å². The maximum absolute atomic E-state index is 11.8. The van der Waals surface area contributed by atoms with E-state index in [9.17, 15) is 4.79 Å². The van der Waals surface area contributed by atoms with Crippen molar-refractivity contribution in [2.24, 2.45) is 0 Å². The van der Waals surface area contributed by atoms with Crippen LogP contribution in [0, 0.1) is 0 Å². The van der Waals surface area contributed by atoms with Gasteiger partial charge in [0.15, 0.2) is 0 Å². The molecule has 5 heteroatoms. The lowest BCUT2D eigenvalue weighted by Crippen LogP contribution is -2.19. The smallest absolute Gasteiger partial charge is 0.252 e. The highest BCUT2D eigenvalue weighted by Crippen LogP contribution is 2.35. The van der Waals surface area contributed by atoms with E-state index >= 15 is 0 Å². The van der Waals surface area contributed by atoms with Crippen LogP contribution in [0.1, 0.15) is 18.9 Å². The van der Waals surface area contributed by atoms with Gasteiger partial charge in [0.1, 0.15) is 12.0 Å². The summed E-state index contributed by atoms with van der Waals surface area (Å²) in [6, 6.07) is 3.57. The van der Waals surface area contributed by atoms with Gasteiger partial charge in [0.05, 0.1) is 12.5 Å². The van der Waals surface area contributed by atoms with E-state index in [0.29, 0.717) is 17.6 Å². The molecular formula is C11H11N3O2. The predicted molar refractivity (Wildman–Crippen MR) is 58.6 cm³/mol. The first kappa shape index (κ1) is 9.33. The first-order valence-corrected chi connectivity index (χ1v) is 5.21. The quantitative estimate of drug-likeness (QED) is 0.756. The molecule has 2 aromatic heterocycles. The van der Waals surface area contributed by atoms with E-state index in [1.54, 1.807) is 23.8 Å². The van der Waals surface area contributed by atoms with Gasteiger partial charge in [0.2, 0.25) is 5.88 Å². The van der Waals surface area contributed by atoms with Gasteiger partial charge < -0.3 is 4.74 Å². The van der Waals surface area contributed by atoms with Crippen LogP contribution in [0.2, 0.25) is 0 Å². The van der Waals surface area contributed by atoms with E-state index in [1.807, 2.05) is 0 Å². The Bertz CT molecular complexity index is 602. The number of ether oxygens (including phenoxy) is 1. The van der Waals surface area contributed by atoms with E-state index in [1.165, 1.54) is 6.33 Å². The van der Waals surface area contributed by atoms with Gasteiger partial charge in [-0.1, -0.05) is 0 Å². The summed E-state index contributed by atoms with van der Waals surface area (Å²) in [5, 5.41) is 0.788. The molecule has 0 spiro atoms. The maximum atomic E-state index is 11.8. The Kier molecular flexibility index (Phi) is 1.92. The van der Waals surface area contributed by atoms with Crippen LogP contribution in [-0.4, -0.2) is 21.6 Å². The highest BCUT2D eigenvalue weighted by molar-refractivity contribution is 5.80. The number of pyridine rings is 1. The third kappa shape index (κ3) is 1.28. The normalized spacial score (nSPS) is 15.3. The third-order valence-corrected chi connectivity index (χ3v) is 2.79. The molecule has 1 aliphatic rings. The van der Waals surface area contributed by atoms with Gasteiger partial charge in [-0.25, -0.2) is 9.97 Å². The van der Waals surface area contributed by atoms with Gasteiger partial charge >= 0.3 is 0 Å². The summed E-state index contributed by atoms with van der Waals surface area (Å²) in [4.78, 5) is 20.0. The van der Waals surface area contributed by atoms with E-state index in [0.717, 1.165) is 18.2 Å². The lowest BCUT2D eigenvalue weighted by Gasteiger charge is -2.08. The molecule has 82 valence electrons. The number of fused-ring (bicyclic) bond motifs is 1. The summed E-state index contributed by atoms with van der Waals surface area (Å²) >= 11 is 0. The second-order valence-electron chi connectivity index (χ2n) is 3.89. The van der Waals surface area contributed by atoms with Crippen molar-refractivity contribution in [1.82, 2.24) is 14.5 Å². The third-order valence-electron chi connectivity index (χ3n) is 2.79. The molecule has 0 radical (unpaired) electrons. The van der Waals surface area contributed by atoms with Crippen LogP contribution in [0.25, 0.3) is 11.0 Å². The lowest BCUT2D eigenvalue weighted by atomic mass is 10.3. The summed E-state index contributed by atoms with van der Waals surface area (Å²) in [5.74, 6) is 0.513. The van der Waals surface area contributed by atoms with Gasteiger partial charge in [0, 0.05) is 12.1 Å². The highest BCUT2D eigenvalue weighted by Gasteiger charge is 2.26. The van der Waals surface area contributed by atoms with Crippen LogP contribution in [0.4, 0.5) is 0 Å². The number of methoxy groups -OCH3 is 1. The van der Waals surface area contributed by atoms with Crippen LogP contribution < -0.4 is 10.3 Å². The molecule has 2 heterocycles. The summed E-state index contributed by atoms with van der Waals surface area (Å²) in [5.41, 5.74) is 0.664. The van der Waals surface area contributed by atoms with Crippen molar-refractivity contribution < 1.29 is 4.74 Å². The largest absolute Gasteiger partial charge is 0.480 e. The fourth-order valence-corrected chi connectivity index (χ4v) is 1.90. The van der Waals surface area contributed by atoms with Crippen molar-refractivity contribution in [2.45, 2.75) is 18.9 Å². The van der Waals surface area contributed by atoms with Crippen molar-refractivity contribution in [3.63, 3.8) is 0 Å². The molecule has 0 unspecified atom stereocenters. The highest BCUT2D eigenvalue weighted by atomic mass is 16.5. The molecule has 16 heavy (non-hydrogen) atoms. The van der Waals surface area contributed by atoms with Crippen molar-refractivity contribution in [1.29, 1.82) is 0 Å². The second-order valence-corrected chi connectivity index (χ2v) is 3.89. The van der Waals surface area contributed by atoms with Crippen molar-refractivity contribution >= 4 is 11.0 Å². The number of hydrogen-bond donors (Lipinski definition) is 0. The Morgan fingerprint density at radius 3 is 2.88 bits per heavy atom. The minimum atomic E-state index is -0.00393. The van der Waals surface area contributed by atoms with Crippen molar-refractivity contribution in [3.8, 4) is 5.88 Å². The Morgan fingerprint density at radius 1 is 1.38 bits per heavy atom. The number of hydrogen-bond acceptors (Lipinski definition) is 4. The molecule has 0 bridgehead atoms. The summed E-state index contributed by atoms with van der Waals surface area (Å²) < 4.78 is 6.89. The monoisotopic (exact) mass is 217 g/mol. The second kappa shape index (κ2) is 3.30. The molecule has 2 aromatic rings. The van der Waals surface area contributed by atoms with Gasteiger partial charge in [0.25, 0.3) is 5.56 Å². The van der Waals surface area contributed by atoms with E-state index < -0.39 is 0 Å². The minimum Gasteiger partial charge on any atom is -0.480 e. The molecule has 0 aromatic carbocycles. The minimum absolute atomic E-state index is 0.00393. The molecule has 0 N–H and O–H groups in total. The van der Waals surface area contributed by atoms with Crippen LogP contribution >= 0.6 is 0 Å². The van der Waals surface area contributed by atoms with Gasteiger partial charge in [-0.3, -0.25) is 9.36 Å². The van der Waals surface area contributed by atoms with Gasteiger partial charge in [-0.15, -0.1) is 0 Å². The molecule has 0 amide bonds. The molecule has 0 aliphatic heterocycles. The predicted octanol–water partition coefficient (Wildman–Crippen LogP) is 1.13. The molecule has 1 aliphatic carbocycles. The van der Waals surface area contributed by atoms with E-state index in [2.05, 4.69) is 9.97 Å². The van der Waals surface area contributed by atoms with Gasteiger partial charge in [-0.05, 0) is 18.9 Å². The maximum Gasteiger partial charge on any atom is 0.252 e. The molecule has 1 saturated carbocycles. The van der Waals surface area contributed by atoms with Crippen LogP contribution in [0.5, 0.6) is 5.88 Å². The summed E-state index contributed by atoms with van der Waals surface area (Å²) in [6.45, 7) is 0. The van der Waals surface area contributed by atoms with Crippen LogP contribution in [0.3, 0.4) is 0 Å². The zero-order valence-electron chi connectivity index (χ0n) is 8.88. The Balaban J connectivity index is 2.39. The summed E-state index contributed by atoms with van der Waals surface area (Å²) in [7, 11) is 1.56. The Morgan fingerprint density at radius 2 is 2.19 bits per heavy atom. The molecule has 5 nitrogen and oxygen atoms in total. The first-order valence-electron chi connectivity index (χ1n) is 5.21. The first-order chi connectivity index (χ1) is 7.81. The van der Waals surface area contributed by atoms with Crippen molar-refractivity contribution in [2.75, 3.05) is 7.11 Å². The standard InChI is InChI=1S/C11H11N3O2/c1-16-11-8-4-5-9(15)14(7-2-3-7)10(8)12-6-13-11/h4-7H,2-3H2,1H3. The van der Waals surface area contributed by atoms with Crippen molar-refractivity contribution in [3.05, 3.63) is 28.8 Å². The SMILES string of the molecule is COc1ncnc2c1ccc(=O)n2C1CC1. The zero-order chi connectivity index (χ0) is 11.1. The van der Waals surface area contributed by atoms with Gasteiger partial charge in [-0.2, -0.15) is 0 Å². The van der Waals surface area contributed by atoms with E-state index in [4.69, 9.17) is 4.74 Å². The topological polar surface area (TPSA) is 57.0 Å². The summed E-state index contributed by atoms with van der Waals surface area (Å²) in [6.07, 6.45) is 3.52. The van der Waals surface area contributed by atoms with Crippen LogP contribution in [-0.2, 0) is 0 Å². The molecule has 0 atom stereocenters. The lowest BCUT2D eigenvalue weighted by molar-refractivity contribution is 0.402. The fourth-order valence-electron chi connectivity index (χ4n) is 1.90. The Hall–Kier alpha value is -1.91. The molecule has 0 saturated heterocycles. The fraction of sp³-hybridized carbons (Fsp3) is 0.364.